The van der Waals surface area contributed by atoms with Gasteiger partial charge in [0.25, 0.3) is 0 Å². The van der Waals surface area contributed by atoms with E-state index >= 15 is 0 Å². The van der Waals surface area contributed by atoms with Crippen LogP contribution in [0.3, 0.4) is 0 Å². The molecule has 0 N–H and O–H groups in total. The molecule has 176 valence electrons. The van der Waals surface area contributed by atoms with Crippen LogP contribution in [0.2, 0.25) is 0 Å². The summed E-state index contributed by atoms with van der Waals surface area (Å²) in [6.07, 6.45) is 7.43. The first-order valence-corrected chi connectivity index (χ1v) is 12.1. The van der Waals surface area contributed by atoms with Crippen LogP contribution >= 0.6 is 0 Å². The molecule has 2 aliphatic rings. The lowest BCUT2D eigenvalue weighted by molar-refractivity contribution is -0.0390. The summed E-state index contributed by atoms with van der Waals surface area (Å²) in [5.74, 6) is 1.98. The van der Waals surface area contributed by atoms with E-state index in [9.17, 15) is 0 Å². The summed E-state index contributed by atoms with van der Waals surface area (Å²) in [6.45, 7) is 6.89. The van der Waals surface area contributed by atoms with E-state index in [0.29, 0.717) is 44.0 Å². The highest BCUT2D eigenvalue weighted by atomic mass is 16.5. The van der Waals surface area contributed by atoms with Crippen LogP contribution in [0.1, 0.15) is 51.1 Å². The molecule has 2 aromatic heterocycles. The normalized spacial score (nSPS) is 19.3. The lowest BCUT2D eigenvalue weighted by atomic mass is 10.1. The lowest BCUT2D eigenvalue weighted by Gasteiger charge is -2.27. The van der Waals surface area contributed by atoms with Crippen molar-refractivity contribution in [3.8, 4) is 11.4 Å². The largest absolute Gasteiger partial charge is 0.378 e. The average molecular weight is 453 g/mol. The number of benzene rings is 1. The summed E-state index contributed by atoms with van der Waals surface area (Å²) in [6, 6.07) is 6.08. The van der Waals surface area contributed by atoms with Gasteiger partial charge in [0.1, 0.15) is 12.8 Å². The van der Waals surface area contributed by atoms with Crippen molar-refractivity contribution < 1.29 is 14.2 Å². The maximum atomic E-state index is 5.94. The van der Waals surface area contributed by atoms with Crippen molar-refractivity contribution in [3.05, 3.63) is 30.2 Å². The predicted molar refractivity (Wildman–Crippen MR) is 125 cm³/mol. The van der Waals surface area contributed by atoms with Crippen molar-refractivity contribution in [1.29, 1.82) is 0 Å². The number of hydrogen-bond donors (Lipinski definition) is 0. The van der Waals surface area contributed by atoms with Crippen LogP contribution in [0.25, 0.3) is 22.3 Å². The minimum absolute atomic E-state index is 0.0104. The SMILES string of the molecule is CCCCOCc1nc(-c2cccc3nn(C4CCCCO4)cc23)nc(N2CCOCC2)n1. The van der Waals surface area contributed by atoms with E-state index in [4.69, 9.17) is 34.3 Å². The summed E-state index contributed by atoms with van der Waals surface area (Å²) in [5.41, 5.74) is 1.86. The first-order chi connectivity index (χ1) is 16.3. The molecule has 0 aliphatic carbocycles. The monoisotopic (exact) mass is 452 g/mol. The molecule has 9 heteroatoms. The number of anilines is 1. The molecular formula is C24H32N6O3. The highest BCUT2D eigenvalue weighted by molar-refractivity contribution is 5.92. The van der Waals surface area contributed by atoms with Gasteiger partial charge in [0.05, 0.1) is 18.7 Å². The fraction of sp³-hybridized carbons (Fsp3) is 0.583. The second kappa shape index (κ2) is 10.5. The quantitative estimate of drug-likeness (QED) is 0.478. The van der Waals surface area contributed by atoms with E-state index in [-0.39, 0.29) is 6.23 Å². The summed E-state index contributed by atoms with van der Waals surface area (Å²) in [4.78, 5) is 16.5. The molecule has 3 aromatic rings. The van der Waals surface area contributed by atoms with Gasteiger partial charge in [-0.3, -0.25) is 0 Å². The van der Waals surface area contributed by atoms with E-state index in [2.05, 4.69) is 24.1 Å². The van der Waals surface area contributed by atoms with Crippen LogP contribution in [-0.2, 0) is 20.8 Å². The Kier molecular flexibility index (Phi) is 7.09. The zero-order valence-corrected chi connectivity index (χ0v) is 19.3. The molecular weight excluding hydrogens is 420 g/mol. The third-order valence-electron chi connectivity index (χ3n) is 6.10. The van der Waals surface area contributed by atoms with Crippen molar-refractivity contribution >= 4 is 16.9 Å². The minimum Gasteiger partial charge on any atom is -0.378 e. The molecule has 4 heterocycles. The molecule has 0 spiro atoms. The first kappa shape index (κ1) is 22.2. The molecule has 1 unspecified atom stereocenters. The summed E-state index contributed by atoms with van der Waals surface area (Å²) >= 11 is 0. The van der Waals surface area contributed by atoms with Crippen LogP contribution in [0.5, 0.6) is 0 Å². The van der Waals surface area contributed by atoms with Gasteiger partial charge in [-0.05, 0) is 31.7 Å². The van der Waals surface area contributed by atoms with Gasteiger partial charge in [-0.25, -0.2) is 9.67 Å². The Morgan fingerprint density at radius 3 is 2.82 bits per heavy atom. The van der Waals surface area contributed by atoms with E-state index in [1.165, 1.54) is 0 Å². The predicted octanol–water partition coefficient (Wildman–Crippen LogP) is 3.74. The molecule has 5 rings (SSSR count). The molecule has 0 amide bonds. The first-order valence-electron chi connectivity index (χ1n) is 12.1. The third-order valence-corrected chi connectivity index (χ3v) is 6.10. The zero-order chi connectivity index (χ0) is 22.5. The van der Waals surface area contributed by atoms with Crippen molar-refractivity contribution in [2.45, 2.75) is 51.9 Å². The van der Waals surface area contributed by atoms with Crippen LogP contribution < -0.4 is 4.90 Å². The standard InChI is InChI=1S/C24H32N6O3/c1-2-3-12-32-17-21-25-23(27-24(26-21)29-10-14-31-15-11-29)18-7-6-8-20-19(18)16-30(28-20)22-9-4-5-13-33-22/h6-8,16,22H,2-5,9-15,17H2,1H3. The fourth-order valence-corrected chi connectivity index (χ4v) is 4.24. The summed E-state index contributed by atoms with van der Waals surface area (Å²) < 4.78 is 19.2. The molecule has 0 saturated carbocycles. The number of morpholine rings is 1. The van der Waals surface area contributed by atoms with Gasteiger partial charge < -0.3 is 19.1 Å². The molecule has 33 heavy (non-hydrogen) atoms. The summed E-state index contributed by atoms with van der Waals surface area (Å²) in [7, 11) is 0. The molecule has 2 fully saturated rings. The number of aromatic nitrogens is 5. The lowest BCUT2D eigenvalue weighted by Crippen LogP contribution is -2.37. The molecule has 1 atom stereocenters. The van der Waals surface area contributed by atoms with Crippen molar-refractivity contribution in [2.75, 3.05) is 44.4 Å². The fourth-order valence-electron chi connectivity index (χ4n) is 4.24. The Bertz CT molecular complexity index is 1060. The molecule has 0 bridgehead atoms. The number of unbranched alkanes of at least 4 members (excludes halogenated alkanes) is 1. The number of hydrogen-bond acceptors (Lipinski definition) is 8. The van der Waals surface area contributed by atoms with Crippen molar-refractivity contribution in [1.82, 2.24) is 24.7 Å². The van der Waals surface area contributed by atoms with Crippen molar-refractivity contribution in [3.63, 3.8) is 0 Å². The Morgan fingerprint density at radius 2 is 2.00 bits per heavy atom. The number of rotatable bonds is 8. The molecule has 2 saturated heterocycles. The Morgan fingerprint density at radius 1 is 1.09 bits per heavy atom. The maximum Gasteiger partial charge on any atom is 0.229 e. The average Bonchev–Trinajstić information content (AvgIpc) is 3.32. The van der Waals surface area contributed by atoms with Gasteiger partial charge in [0.15, 0.2) is 11.6 Å². The second-order valence-electron chi connectivity index (χ2n) is 8.55. The molecule has 0 radical (unpaired) electrons. The molecule has 9 nitrogen and oxygen atoms in total. The van der Waals surface area contributed by atoms with Gasteiger partial charge in [-0.2, -0.15) is 15.1 Å². The van der Waals surface area contributed by atoms with E-state index in [0.717, 1.165) is 68.3 Å². The van der Waals surface area contributed by atoms with E-state index in [1.54, 1.807) is 0 Å². The van der Waals surface area contributed by atoms with E-state index < -0.39 is 0 Å². The summed E-state index contributed by atoms with van der Waals surface area (Å²) in [5, 5.41) is 5.81. The Labute approximate surface area is 194 Å². The van der Waals surface area contributed by atoms with Gasteiger partial charge in [-0.1, -0.05) is 25.5 Å². The highest BCUT2D eigenvalue weighted by Gasteiger charge is 2.21. The van der Waals surface area contributed by atoms with Crippen molar-refractivity contribution in [2.24, 2.45) is 0 Å². The third kappa shape index (κ3) is 5.15. The van der Waals surface area contributed by atoms with Gasteiger partial charge in [-0.15, -0.1) is 0 Å². The number of fused-ring (bicyclic) bond motifs is 1. The van der Waals surface area contributed by atoms with Crippen LogP contribution in [0.4, 0.5) is 5.95 Å². The smallest absolute Gasteiger partial charge is 0.229 e. The van der Waals surface area contributed by atoms with Crippen LogP contribution in [0, 0.1) is 0 Å². The van der Waals surface area contributed by atoms with Crippen LogP contribution in [-0.4, -0.2) is 64.2 Å². The minimum atomic E-state index is -0.0104. The number of ether oxygens (including phenoxy) is 3. The van der Waals surface area contributed by atoms with Gasteiger partial charge in [0, 0.05) is 43.4 Å². The zero-order valence-electron chi connectivity index (χ0n) is 19.3. The maximum absolute atomic E-state index is 5.94. The van der Waals surface area contributed by atoms with Gasteiger partial charge >= 0.3 is 0 Å². The topological polar surface area (TPSA) is 87.4 Å². The molecule has 1 aromatic carbocycles. The Balaban J connectivity index is 1.50. The van der Waals surface area contributed by atoms with E-state index in [1.807, 2.05) is 16.8 Å². The number of nitrogens with zero attached hydrogens (tertiary/aromatic N) is 6. The molecule has 2 aliphatic heterocycles. The second-order valence-corrected chi connectivity index (χ2v) is 8.55. The van der Waals surface area contributed by atoms with Gasteiger partial charge in [0.2, 0.25) is 5.95 Å². The van der Waals surface area contributed by atoms with Crippen LogP contribution in [0.15, 0.2) is 24.4 Å². The highest BCUT2D eigenvalue weighted by Crippen LogP contribution is 2.30. The Hall–Kier alpha value is -2.62.